The Kier molecular flexibility index (Phi) is 5.83. The van der Waals surface area contributed by atoms with Crippen LogP contribution in [-0.2, 0) is 0 Å². The predicted molar refractivity (Wildman–Crippen MR) is 108 cm³/mol. The molecule has 1 atom stereocenters. The lowest BCUT2D eigenvalue weighted by atomic mass is 10.1. The van der Waals surface area contributed by atoms with Gasteiger partial charge in [0.25, 0.3) is 0 Å². The molecule has 138 valence electrons. The number of aryl methyl sites for hydroxylation is 2. The first-order valence-electron chi connectivity index (χ1n) is 8.68. The Morgan fingerprint density at radius 3 is 2.62 bits per heavy atom. The van der Waals surface area contributed by atoms with Gasteiger partial charge < -0.3 is 24.8 Å². The van der Waals surface area contributed by atoms with Gasteiger partial charge in [-0.3, -0.25) is 0 Å². The van der Waals surface area contributed by atoms with Gasteiger partial charge in [-0.05, 0) is 68.4 Å². The Hall–Kier alpha value is -2.47. The summed E-state index contributed by atoms with van der Waals surface area (Å²) in [5, 5.41) is 6.93. The van der Waals surface area contributed by atoms with Gasteiger partial charge in [0, 0.05) is 11.8 Å². The van der Waals surface area contributed by atoms with Crippen molar-refractivity contribution in [2.75, 3.05) is 25.1 Å². The fourth-order valence-electron chi connectivity index (χ4n) is 2.58. The first-order chi connectivity index (χ1) is 12.5. The molecular formula is C20H24N2O3S. The molecule has 0 unspecified atom stereocenters. The maximum Gasteiger partial charge on any atom is 0.171 e. The first kappa shape index (κ1) is 18.3. The zero-order valence-corrected chi connectivity index (χ0v) is 16.1. The zero-order chi connectivity index (χ0) is 18.5. The molecule has 0 amide bonds. The van der Waals surface area contributed by atoms with Crippen LogP contribution in [0.3, 0.4) is 0 Å². The molecule has 0 spiro atoms. The fourth-order valence-corrected chi connectivity index (χ4v) is 2.90. The van der Waals surface area contributed by atoms with E-state index in [0.717, 1.165) is 22.9 Å². The molecule has 2 aromatic carbocycles. The fraction of sp³-hybridized carbons (Fsp3) is 0.350. The van der Waals surface area contributed by atoms with Crippen LogP contribution in [-0.4, -0.2) is 31.0 Å². The molecule has 0 fully saturated rings. The van der Waals surface area contributed by atoms with Crippen LogP contribution >= 0.6 is 12.2 Å². The molecule has 0 radical (unpaired) electrons. The van der Waals surface area contributed by atoms with E-state index in [4.69, 9.17) is 26.4 Å². The molecule has 0 aromatic heterocycles. The summed E-state index contributed by atoms with van der Waals surface area (Å²) in [6.07, 6.45) is 0. The van der Waals surface area contributed by atoms with Gasteiger partial charge >= 0.3 is 0 Å². The van der Waals surface area contributed by atoms with Crippen LogP contribution < -0.4 is 24.8 Å². The molecule has 3 rings (SSSR count). The van der Waals surface area contributed by atoms with Crippen molar-refractivity contribution in [2.45, 2.75) is 26.8 Å². The third-order valence-electron chi connectivity index (χ3n) is 4.16. The van der Waals surface area contributed by atoms with Crippen molar-refractivity contribution >= 4 is 23.0 Å². The number of nitrogens with one attached hydrogen (secondary N) is 2. The van der Waals surface area contributed by atoms with Crippen LogP contribution in [0.25, 0.3) is 0 Å². The van der Waals surface area contributed by atoms with Crippen molar-refractivity contribution in [1.82, 2.24) is 5.32 Å². The molecule has 6 heteroatoms. The second-order valence-electron chi connectivity index (χ2n) is 6.42. The van der Waals surface area contributed by atoms with Gasteiger partial charge in [-0.1, -0.05) is 6.07 Å². The number of anilines is 1. The monoisotopic (exact) mass is 372 g/mol. The predicted octanol–water partition coefficient (Wildman–Crippen LogP) is 3.83. The van der Waals surface area contributed by atoms with Gasteiger partial charge in [0.1, 0.15) is 25.6 Å². The van der Waals surface area contributed by atoms with E-state index in [1.165, 1.54) is 11.1 Å². The highest BCUT2D eigenvalue weighted by Crippen LogP contribution is 2.32. The number of ether oxygens (including phenoxy) is 3. The van der Waals surface area contributed by atoms with Gasteiger partial charge in [0.15, 0.2) is 16.6 Å². The van der Waals surface area contributed by atoms with Crippen molar-refractivity contribution in [1.29, 1.82) is 0 Å². The van der Waals surface area contributed by atoms with Gasteiger partial charge in [-0.25, -0.2) is 0 Å². The second kappa shape index (κ2) is 8.27. The van der Waals surface area contributed by atoms with Crippen LogP contribution in [0.4, 0.5) is 5.69 Å². The third-order valence-corrected chi connectivity index (χ3v) is 4.38. The Labute approximate surface area is 159 Å². The van der Waals surface area contributed by atoms with Crippen molar-refractivity contribution in [2.24, 2.45) is 0 Å². The Morgan fingerprint density at radius 1 is 1.08 bits per heavy atom. The number of hydrogen-bond acceptors (Lipinski definition) is 4. The summed E-state index contributed by atoms with van der Waals surface area (Å²) in [5.74, 6) is 2.36. The molecular weight excluding hydrogens is 348 g/mol. The topological polar surface area (TPSA) is 51.8 Å². The van der Waals surface area contributed by atoms with Crippen molar-refractivity contribution in [3.05, 3.63) is 47.5 Å². The quantitative estimate of drug-likeness (QED) is 0.778. The molecule has 2 aromatic rings. The molecule has 1 aliphatic rings. The molecule has 1 aliphatic heterocycles. The SMILES string of the molecule is Cc1ccc(OC[C@@H](C)NC(=S)Nc2ccc3c(c2)OCCO3)cc1C. The average Bonchev–Trinajstić information content (AvgIpc) is 2.62. The van der Waals surface area contributed by atoms with E-state index in [1.807, 2.05) is 37.3 Å². The number of thiocarbonyl (C=S) groups is 1. The lowest BCUT2D eigenvalue weighted by molar-refractivity contribution is 0.171. The van der Waals surface area contributed by atoms with E-state index in [1.54, 1.807) is 0 Å². The highest BCUT2D eigenvalue weighted by molar-refractivity contribution is 7.80. The number of hydrogen-bond donors (Lipinski definition) is 2. The molecule has 1 heterocycles. The van der Waals surface area contributed by atoms with E-state index in [9.17, 15) is 0 Å². The summed E-state index contributed by atoms with van der Waals surface area (Å²) in [6, 6.07) is 11.8. The van der Waals surface area contributed by atoms with E-state index in [-0.39, 0.29) is 6.04 Å². The van der Waals surface area contributed by atoms with Crippen molar-refractivity contribution < 1.29 is 14.2 Å². The van der Waals surface area contributed by atoms with Crippen LogP contribution in [0.1, 0.15) is 18.1 Å². The van der Waals surface area contributed by atoms with Crippen LogP contribution in [0.5, 0.6) is 17.2 Å². The van der Waals surface area contributed by atoms with Crippen LogP contribution in [0.2, 0.25) is 0 Å². The maximum atomic E-state index is 5.84. The van der Waals surface area contributed by atoms with E-state index >= 15 is 0 Å². The summed E-state index contributed by atoms with van der Waals surface area (Å²) >= 11 is 5.39. The largest absolute Gasteiger partial charge is 0.491 e. The van der Waals surface area contributed by atoms with Gasteiger partial charge in [-0.15, -0.1) is 0 Å². The van der Waals surface area contributed by atoms with E-state index in [2.05, 4.69) is 30.5 Å². The molecule has 26 heavy (non-hydrogen) atoms. The summed E-state index contributed by atoms with van der Waals surface area (Å²) in [5.41, 5.74) is 3.33. The maximum absolute atomic E-state index is 5.84. The highest BCUT2D eigenvalue weighted by Gasteiger charge is 2.12. The molecule has 0 saturated carbocycles. The summed E-state index contributed by atoms with van der Waals surface area (Å²) in [4.78, 5) is 0. The van der Waals surface area contributed by atoms with E-state index in [0.29, 0.717) is 24.9 Å². The van der Waals surface area contributed by atoms with Crippen LogP contribution in [0, 0.1) is 13.8 Å². The summed E-state index contributed by atoms with van der Waals surface area (Å²) in [7, 11) is 0. The van der Waals surface area contributed by atoms with Crippen molar-refractivity contribution in [3.63, 3.8) is 0 Å². The Balaban J connectivity index is 1.48. The lowest BCUT2D eigenvalue weighted by Crippen LogP contribution is -2.39. The molecule has 2 N–H and O–H groups in total. The summed E-state index contributed by atoms with van der Waals surface area (Å²) in [6.45, 7) is 7.86. The third kappa shape index (κ3) is 4.79. The molecule has 5 nitrogen and oxygen atoms in total. The Morgan fingerprint density at radius 2 is 1.85 bits per heavy atom. The minimum atomic E-state index is 0.0637. The minimum absolute atomic E-state index is 0.0637. The standard InChI is InChI=1S/C20H24N2O3S/c1-13-4-6-17(10-14(13)2)25-12-15(3)21-20(26)22-16-5-7-18-19(11-16)24-9-8-23-18/h4-7,10-11,15H,8-9,12H2,1-3H3,(H2,21,22,26)/t15-/m1/s1. The normalized spacial score (nSPS) is 13.7. The lowest BCUT2D eigenvalue weighted by Gasteiger charge is -2.20. The molecule has 0 bridgehead atoms. The highest BCUT2D eigenvalue weighted by atomic mass is 32.1. The van der Waals surface area contributed by atoms with Gasteiger partial charge in [-0.2, -0.15) is 0 Å². The van der Waals surface area contributed by atoms with Crippen LogP contribution in [0.15, 0.2) is 36.4 Å². The smallest absolute Gasteiger partial charge is 0.171 e. The second-order valence-corrected chi connectivity index (χ2v) is 6.82. The molecule has 0 saturated heterocycles. The van der Waals surface area contributed by atoms with Crippen molar-refractivity contribution in [3.8, 4) is 17.2 Å². The molecule has 0 aliphatic carbocycles. The number of fused-ring (bicyclic) bond motifs is 1. The average molecular weight is 372 g/mol. The van der Waals surface area contributed by atoms with E-state index < -0.39 is 0 Å². The summed E-state index contributed by atoms with van der Waals surface area (Å²) < 4.78 is 16.9. The van der Waals surface area contributed by atoms with Gasteiger partial charge in [0.2, 0.25) is 0 Å². The first-order valence-corrected chi connectivity index (χ1v) is 9.09. The Bertz CT molecular complexity index is 795. The zero-order valence-electron chi connectivity index (χ0n) is 15.3. The number of benzene rings is 2. The van der Waals surface area contributed by atoms with Gasteiger partial charge in [0.05, 0.1) is 6.04 Å². The minimum Gasteiger partial charge on any atom is -0.491 e. The number of rotatable bonds is 5.